The van der Waals surface area contributed by atoms with Gasteiger partial charge in [-0.25, -0.2) is 13.9 Å². The van der Waals surface area contributed by atoms with E-state index in [4.69, 9.17) is 19.6 Å². The fraction of sp³-hybridized carbons (Fsp3) is 0.750. The summed E-state index contributed by atoms with van der Waals surface area (Å²) in [6, 6.07) is 0. The first-order valence-electron chi connectivity index (χ1n) is 3.57. The molecule has 0 amide bonds. The van der Waals surface area contributed by atoms with E-state index >= 15 is 0 Å². The molecule has 1 unspecified atom stereocenters. The first kappa shape index (κ1) is 20.0. The summed E-state index contributed by atoms with van der Waals surface area (Å²) in [5.41, 5.74) is 0. The van der Waals surface area contributed by atoms with Crippen LogP contribution in [-0.4, -0.2) is 45.4 Å². The maximum atomic E-state index is 10.9. The molecule has 0 heterocycles. The summed E-state index contributed by atoms with van der Waals surface area (Å²) in [4.78, 5) is 44.3. The van der Waals surface area contributed by atoms with Gasteiger partial charge in [-0.05, 0) is 0 Å². The SMILES string of the molecule is COC(=O)C(COP(=O)(O)O)OP(=O)(O)O.[Na+]. The van der Waals surface area contributed by atoms with Gasteiger partial charge in [0.15, 0.2) is 6.10 Å². The van der Waals surface area contributed by atoms with Crippen molar-refractivity contribution < 1.29 is 76.8 Å². The van der Waals surface area contributed by atoms with Crippen molar-refractivity contribution in [2.45, 2.75) is 6.10 Å². The van der Waals surface area contributed by atoms with E-state index in [1.54, 1.807) is 0 Å². The normalized spacial score (nSPS) is 13.7. The average molecular weight is 303 g/mol. The third-order valence-electron chi connectivity index (χ3n) is 1.12. The number of hydrogen-bond donors (Lipinski definition) is 4. The summed E-state index contributed by atoms with van der Waals surface area (Å²) in [5.74, 6) is -1.24. The molecule has 0 saturated carbocycles. The minimum atomic E-state index is -5.00. The van der Waals surface area contributed by atoms with E-state index in [9.17, 15) is 13.9 Å². The first-order chi connectivity index (χ1) is 7.05. The molecule has 0 bridgehead atoms. The maximum Gasteiger partial charge on any atom is 1.00 e. The monoisotopic (exact) mass is 303 g/mol. The van der Waals surface area contributed by atoms with Crippen molar-refractivity contribution in [1.82, 2.24) is 0 Å². The van der Waals surface area contributed by atoms with Gasteiger partial charge in [0.25, 0.3) is 0 Å². The molecule has 0 fully saturated rings. The molecule has 4 N–H and O–H groups in total. The number of phosphoric ester groups is 2. The summed E-state index contributed by atoms with van der Waals surface area (Å²) >= 11 is 0. The molecule has 0 aromatic heterocycles. The van der Waals surface area contributed by atoms with Crippen LogP contribution in [0.25, 0.3) is 0 Å². The standard InChI is InChI=1S/C4H10O10P2.Na/c1-12-4(5)3(14-16(9,10)11)2-13-15(6,7)8;/h3H,2H2,1H3,(H2,6,7,8)(H2,9,10,11);/q;+1. The average Bonchev–Trinajstić information content (AvgIpc) is 2.07. The van der Waals surface area contributed by atoms with Gasteiger partial charge in [0.1, 0.15) is 0 Å². The van der Waals surface area contributed by atoms with Gasteiger partial charge in [-0.1, -0.05) is 0 Å². The van der Waals surface area contributed by atoms with E-state index in [1.165, 1.54) is 0 Å². The first-order valence-corrected chi connectivity index (χ1v) is 6.63. The smallest absolute Gasteiger partial charge is 0.467 e. The van der Waals surface area contributed by atoms with Crippen molar-refractivity contribution in [3.05, 3.63) is 0 Å². The van der Waals surface area contributed by atoms with E-state index in [1.807, 2.05) is 0 Å². The van der Waals surface area contributed by atoms with Crippen molar-refractivity contribution in [3.63, 3.8) is 0 Å². The largest absolute Gasteiger partial charge is 1.00 e. The minimum Gasteiger partial charge on any atom is -0.467 e. The molecule has 0 aliphatic carbocycles. The van der Waals surface area contributed by atoms with Crippen LogP contribution in [-0.2, 0) is 27.7 Å². The zero-order chi connectivity index (χ0) is 13.0. The topological polar surface area (TPSA) is 160 Å². The van der Waals surface area contributed by atoms with Gasteiger partial charge in [0.2, 0.25) is 0 Å². The molecule has 0 spiro atoms. The molecule has 96 valence electrons. The van der Waals surface area contributed by atoms with Crippen molar-refractivity contribution in [2.75, 3.05) is 13.7 Å². The number of carbonyl (C=O) groups is 1. The Labute approximate surface area is 118 Å². The third kappa shape index (κ3) is 11.5. The van der Waals surface area contributed by atoms with E-state index in [2.05, 4.69) is 13.8 Å². The Bertz CT molecular complexity index is 331. The molecule has 0 aromatic rings. The molecule has 1 atom stereocenters. The second kappa shape index (κ2) is 7.98. The number of methoxy groups -OCH3 is 1. The summed E-state index contributed by atoms with van der Waals surface area (Å²) < 4.78 is 32.5. The van der Waals surface area contributed by atoms with Gasteiger partial charge in [0, 0.05) is 0 Å². The van der Waals surface area contributed by atoms with E-state index in [0.717, 1.165) is 7.11 Å². The zero-order valence-corrected chi connectivity index (χ0v) is 12.7. The Balaban J connectivity index is 0. The molecule has 0 radical (unpaired) electrons. The molecular weight excluding hydrogens is 293 g/mol. The molecule has 17 heavy (non-hydrogen) atoms. The van der Waals surface area contributed by atoms with Crippen LogP contribution in [0, 0.1) is 0 Å². The Kier molecular flexibility index (Phi) is 9.40. The molecule has 0 aromatic carbocycles. The van der Waals surface area contributed by atoms with Crippen LogP contribution in [0.2, 0.25) is 0 Å². The van der Waals surface area contributed by atoms with Crippen LogP contribution in [0.1, 0.15) is 0 Å². The molecule has 0 rings (SSSR count). The van der Waals surface area contributed by atoms with Gasteiger partial charge < -0.3 is 24.3 Å². The Morgan fingerprint density at radius 2 is 1.65 bits per heavy atom. The number of hydrogen-bond acceptors (Lipinski definition) is 6. The summed E-state index contributed by atoms with van der Waals surface area (Å²) in [6.45, 7) is -1.05. The molecule has 0 saturated heterocycles. The Morgan fingerprint density at radius 1 is 1.18 bits per heavy atom. The molecule has 13 heteroatoms. The Morgan fingerprint density at radius 3 is 1.94 bits per heavy atom. The van der Waals surface area contributed by atoms with E-state index < -0.39 is 34.3 Å². The molecule has 0 aliphatic heterocycles. The Hall–Kier alpha value is 0.690. The number of esters is 1. The van der Waals surface area contributed by atoms with Crippen LogP contribution < -0.4 is 29.6 Å². The third-order valence-corrected chi connectivity index (χ3v) is 2.14. The summed E-state index contributed by atoms with van der Waals surface area (Å²) in [6.07, 6.45) is -1.93. The van der Waals surface area contributed by atoms with Crippen LogP contribution in [0.5, 0.6) is 0 Å². The number of carbonyl (C=O) groups excluding carboxylic acids is 1. The molecule has 10 nitrogen and oxygen atoms in total. The second-order valence-corrected chi connectivity index (χ2v) is 4.83. The quantitative estimate of drug-likeness (QED) is 0.215. The van der Waals surface area contributed by atoms with Crippen molar-refractivity contribution in [2.24, 2.45) is 0 Å². The minimum absolute atomic E-state index is 0. The van der Waals surface area contributed by atoms with Gasteiger partial charge in [0.05, 0.1) is 13.7 Å². The fourth-order valence-electron chi connectivity index (χ4n) is 0.603. The van der Waals surface area contributed by atoms with Crippen LogP contribution in [0.3, 0.4) is 0 Å². The number of rotatable bonds is 6. The fourth-order valence-corrected chi connectivity index (χ4v) is 1.41. The predicted molar refractivity (Wildman–Crippen MR) is 46.9 cm³/mol. The van der Waals surface area contributed by atoms with Crippen LogP contribution in [0.4, 0.5) is 0 Å². The van der Waals surface area contributed by atoms with E-state index in [-0.39, 0.29) is 29.6 Å². The maximum absolute atomic E-state index is 10.9. The predicted octanol–water partition coefficient (Wildman–Crippen LogP) is -4.25. The van der Waals surface area contributed by atoms with Gasteiger partial charge in [-0.3, -0.25) is 9.05 Å². The summed E-state index contributed by atoms with van der Waals surface area (Å²) in [5, 5.41) is 0. The van der Waals surface area contributed by atoms with Gasteiger partial charge in [-0.15, -0.1) is 0 Å². The van der Waals surface area contributed by atoms with Crippen LogP contribution >= 0.6 is 15.6 Å². The molecule has 0 aliphatic rings. The number of phosphoric acid groups is 2. The second-order valence-electron chi connectivity index (χ2n) is 2.39. The van der Waals surface area contributed by atoms with Gasteiger partial charge >= 0.3 is 51.2 Å². The number of ether oxygens (including phenoxy) is 1. The van der Waals surface area contributed by atoms with E-state index in [0.29, 0.717) is 0 Å². The summed E-state index contributed by atoms with van der Waals surface area (Å²) in [7, 11) is -8.98. The zero-order valence-electron chi connectivity index (χ0n) is 8.92. The van der Waals surface area contributed by atoms with Crippen LogP contribution in [0.15, 0.2) is 0 Å². The van der Waals surface area contributed by atoms with Crippen molar-refractivity contribution >= 4 is 21.6 Å². The van der Waals surface area contributed by atoms with Crippen molar-refractivity contribution in [1.29, 1.82) is 0 Å². The molecular formula is C4H10NaO10P2+. The van der Waals surface area contributed by atoms with Crippen molar-refractivity contribution in [3.8, 4) is 0 Å². The van der Waals surface area contributed by atoms with Gasteiger partial charge in [-0.2, -0.15) is 0 Å².